The minimum Gasteiger partial charge on any atom is -0.497 e. The minimum absolute atomic E-state index is 0.0970. The Morgan fingerprint density at radius 3 is 2.80 bits per heavy atom. The van der Waals surface area contributed by atoms with Gasteiger partial charge in [-0.2, -0.15) is 0 Å². The van der Waals surface area contributed by atoms with Crippen LogP contribution in [0.5, 0.6) is 11.5 Å². The molecule has 1 aromatic carbocycles. The van der Waals surface area contributed by atoms with Crippen LogP contribution in [0.1, 0.15) is 11.6 Å². The lowest BCUT2D eigenvalue weighted by atomic mass is 9.97. The summed E-state index contributed by atoms with van der Waals surface area (Å²) in [5.74, 6) is 1.71. The Bertz CT molecular complexity index is 437. The molecule has 2 rings (SSSR count). The maximum Gasteiger partial charge on any atom is 0.124 e. The molecule has 1 aromatic rings. The van der Waals surface area contributed by atoms with Crippen molar-refractivity contribution in [3.63, 3.8) is 0 Å². The Balaban J connectivity index is 2.38. The molecule has 0 aliphatic carbocycles. The van der Waals surface area contributed by atoms with Gasteiger partial charge in [-0.25, -0.2) is 0 Å². The monoisotopic (exact) mass is 280 g/mol. The lowest BCUT2D eigenvalue weighted by Gasteiger charge is -2.40. The number of hydrogen-bond donors (Lipinski definition) is 1. The van der Waals surface area contributed by atoms with E-state index < -0.39 is 0 Å². The number of benzene rings is 1. The third kappa shape index (κ3) is 3.06. The zero-order valence-corrected chi connectivity index (χ0v) is 12.7. The second-order valence-corrected chi connectivity index (χ2v) is 5.00. The number of rotatable bonds is 5. The summed E-state index contributed by atoms with van der Waals surface area (Å²) in [6.45, 7) is 2.46. The standard InChI is InChI=1S/C15H24N2O3/c1-16-10-14-15(17(2)7-8-20-14)12-9-11(18-3)5-6-13(12)19-4/h5-6,9,14-16H,7-8,10H2,1-4H3. The Kier molecular flexibility index (Phi) is 5.23. The summed E-state index contributed by atoms with van der Waals surface area (Å²) in [6, 6.07) is 6.06. The lowest BCUT2D eigenvalue weighted by molar-refractivity contribution is -0.0612. The van der Waals surface area contributed by atoms with E-state index in [4.69, 9.17) is 14.2 Å². The Hall–Kier alpha value is -1.30. The molecule has 20 heavy (non-hydrogen) atoms. The minimum atomic E-state index is 0.0970. The van der Waals surface area contributed by atoms with Crippen molar-refractivity contribution in [3.8, 4) is 11.5 Å². The molecule has 2 unspecified atom stereocenters. The van der Waals surface area contributed by atoms with Crippen LogP contribution in [0.25, 0.3) is 0 Å². The molecule has 1 saturated heterocycles. The molecule has 112 valence electrons. The molecule has 0 saturated carbocycles. The van der Waals surface area contributed by atoms with Gasteiger partial charge in [-0.1, -0.05) is 0 Å². The van der Waals surface area contributed by atoms with Crippen LogP contribution in [0.4, 0.5) is 0 Å². The SMILES string of the molecule is CNCC1OCCN(C)C1c1cc(OC)ccc1OC. The van der Waals surface area contributed by atoms with Gasteiger partial charge in [0.25, 0.3) is 0 Å². The summed E-state index contributed by atoms with van der Waals surface area (Å²) >= 11 is 0. The van der Waals surface area contributed by atoms with Crippen LogP contribution in [0, 0.1) is 0 Å². The van der Waals surface area contributed by atoms with Crippen molar-refractivity contribution in [1.82, 2.24) is 10.2 Å². The molecule has 0 radical (unpaired) electrons. The molecule has 1 aliphatic rings. The molecule has 0 spiro atoms. The molecule has 1 heterocycles. The van der Waals surface area contributed by atoms with Crippen LogP contribution >= 0.6 is 0 Å². The topological polar surface area (TPSA) is 43.0 Å². The van der Waals surface area contributed by atoms with Gasteiger partial charge in [0.1, 0.15) is 11.5 Å². The highest BCUT2D eigenvalue weighted by atomic mass is 16.5. The quantitative estimate of drug-likeness (QED) is 0.880. The molecule has 0 amide bonds. The van der Waals surface area contributed by atoms with E-state index in [9.17, 15) is 0 Å². The number of nitrogens with one attached hydrogen (secondary N) is 1. The van der Waals surface area contributed by atoms with Gasteiger partial charge in [-0.05, 0) is 32.3 Å². The highest BCUT2D eigenvalue weighted by Gasteiger charge is 2.33. The summed E-state index contributed by atoms with van der Waals surface area (Å²) in [6.07, 6.45) is 0.0970. The Morgan fingerprint density at radius 1 is 1.35 bits per heavy atom. The highest BCUT2D eigenvalue weighted by Crippen LogP contribution is 2.36. The number of likely N-dealkylation sites (N-methyl/N-ethyl adjacent to an activating group) is 2. The van der Waals surface area contributed by atoms with Crippen molar-refractivity contribution in [1.29, 1.82) is 0 Å². The van der Waals surface area contributed by atoms with Gasteiger partial charge in [0.2, 0.25) is 0 Å². The van der Waals surface area contributed by atoms with E-state index in [1.54, 1.807) is 14.2 Å². The zero-order chi connectivity index (χ0) is 14.5. The molecule has 1 N–H and O–H groups in total. The average Bonchev–Trinajstić information content (AvgIpc) is 2.47. The third-order valence-corrected chi connectivity index (χ3v) is 3.76. The predicted molar refractivity (Wildman–Crippen MR) is 78.6 cm³/mol. The summed E-state index contributed by atoms with van der Waals surface area (Å²) in [7, 11) is 7.44. The van der Waals surface area contributed by atoms with Crippen molar-refractivity contribution in [2.24, 2.45) is 0 Å². The number of morpholine rings is 1. The first-order valence-corrected chi connectivity index (χ1v) is 6.89. The first-order chi connectivity index (χ1) is 9.71. The van der Waals surface area contributed by atoms with Crippen molar-refractivity contribution in [3.05, 3.63) is 23.8 Å². The largest absolute Gasteiger partial charge is 0.497 e. The van der Waals surface area contributed by atoms with E-state index in [1.165, 1.54) is 0 Å². The van der Waals surface area contributed by atoms with Gasteiger partial charge in [0.15, 0.2) is 0 Å². The van der Waals surface area contributed by atoms with E-state index in [-0.39, 0.29) is 12.1 Å². The molecule has 2 atom stereocenters. The van der Waals surface area contributed by atoms with E-state index in [0.29, 0.717) is 0 Å². The van der Waals surface area contributed by atoms with Crippen molar-refractivity contribution >= 4 is 0 Å². The first kappa shape index (κ1) is 15.1. The lowest BCUT2D eigenvalue weighted by Crippen LogP contribution is -2.47. The van der Waals surface area contributed by atoms with E-state index >= 15 is 0 Å². The van der Waals surface area contributed by atoms with Crippen LogP contribution in [0.3, 0.4) is 0 Å². The third-order valence-electron chi connectivity index (χ3n) is 3.76. The molecule has 1 aliphatic heterocycles. The van der Waals surface area contributed by atoms with Crippen molar-refractivity contribution in [2.75, 3.05) is 48.0 Å². The van der Waals surface area contributed by atoms with Crippen LogP contribution in [0.2, 0.25) is 0 Å². The number of nitrogens with zero attached hydrogens (tertiary/aromatic N) is 1. The van der Waals surface area contributed by atoms with Crippen LogP contribution < -0.4 is 14.8 Å². The van der Waals surface area contributed by atoms with Gasteiger partial charge < -0.3 is 19.5 Å². The Labute approximate surface area is 120 Å². The van der Waals surface area contributed by atoms with Gasteiger partial charge in [0.05, 0.1) is 33.0 Å². The smallest absolute Gasteiger partial charge is 0.124 e. The van der Waals surface area contributed by atoms with Crippen LogP contribution in [-0.4, -0.2) is 59.0 Å². The fourth-order valence-corrected chi connectivity index (χ4v) is 2.74. The second kappa shape index (κ2) is 6.92. The summed E-state index contributed by atoms with van der Waals surface area (Å²) < 4.78 is 16.8. The fraction of sp³-hybridized carbons (Fsp3) is 0.600. The molecule has 5 nitrogen and oxygen atoms in total. The molecule has 0 aromatic heterocycles. The number of hydrogen-bond acceptors (Lipinski definition) is 5. The molecular weight excluding hydrogens is 256 g/mol. The van der Waals surface area contributed by atoms with Gasteiger partial charge in [-0.3, -0.25) is 4.90 Å². The van der Waals surface area contributed by atoms with Crippen LogP contribution in [0.15, 0.2) is 18.2 Å². The molecule has 5 heteroatoms. The van der Waals surface area contributed by atoms with Gasteiger partial charge >= 0.3 is 0 Å². The second-order valence-electron chi connectivity index (χ2n) is 5.00. The maximum absolute atomic E-state index is 5.93. The van der Waals surface area contributed by atoms with E-state index in [2.05, 4.69) is 17.3 Å². The average molecular weight is 280 g/mol. The summed E-state index contributed by atoms with van der Waals surface area (Å²) in [5.41, 5.74) is 1.11. The van der Waals surface area contributed by atoms with E-state index in [1.807, 2.05) is 25.2 Å². The zero-order valence-electron chi connectivity index (χ0n) is 12.7. The van der Waals surface area contributed by atoms with Crippen molar-refractivity contribution < 1.29 is 14.2 Å². The maximum atomic E-state index is 5.93. The molecule has 0 bridgehead atoms. The number of methoxy groups -OCH3 is 2. The van der Waals surface area contributed by atoms with Crippen LogP contribution in [-0.2, 0) is 4.74 Å². The molecular formula is C15H24N2O3. The van der Waals surface area contributed by atoms with Gasteiger partial charge in [-0.15, -0.1) is 0 Å². The number of ether oxygens (including phenoxy) is 3. The Morgan fingerprint density at radius 2 is 2.15 bits per heavy atom. The fourth-order valence-electron chi connectivity index (χ4n) is 2.74. The first-order valence-electron chi connectivity index (χ1n) is 6.89. The molecule has 1 fully saturated rings. The summed E-state index contributed by atoms with van der Waals surface area (Å²) in [5, 5.41) is 3.20. The normalized spacial score (nSPS) is 23.6. The summed E-state index contributed by atoms with van der Waals surface area (Å²) in [4.78, 5) is 2.31. The highest BCUT2D eigenvalue weighted by molar-refractivity contribution is 5.43. The van der Waals surface area contributed by atoms with E-state index in [0.717, 1.165) is 36.8 Å². The predicted octanol–water partition coefficient (Wildman–Crippen LogP) is 1.29. The van der Waals surface area contributed by atoms with Gasteiger partial charge in [0, 0.05) is 18.7 Å². The van der Waals surface area contributed by atoms with Crippen molar-refractivity contribution in [2.45, 2.75) is 12.1 Å².